The number of aryl methyl sites for hydroxylation is 1. The van der Waals surface area contributed by atoms with Gasteiger partial charge in [-0.1, -0.05) is 24.3 Å². The predicted octanol–water partition coefficient (Wildman–Crippen LogP) is 4.36. The number of halogens is 3. The zero-order chi connectivity index (χ0) is 22.7. The van der Waals surface area contributed by atoms with Crippen molar-refractivity contribution in [3.05, 3.63) is 77.7 Å². The summed E-state index contributed by atoms with van der Waals surface area (Å²) in [7, 11) is 0. The number of benzene rings is 2. The first-order valence-electron chi connectivity index (χ1n) is 10.0. The van der Waals surface area contributed by atoms with E-state index in [0.29, 0.717) is 24.1 Å². The zero-order valence-electron chi connectivity index (χ0n) is 17.0. The number of carbonyl (C=O) groups excluding carboxylic acids is 1. The summed E-state index contributed by atoms with van der Waals surface area (Å²) in [6, 6.07) is 10.6. The quantitative estimate of drug-likeness (QED) is 0.398. The predicted molar refractivity (Wildman–Crippen MR) is 114 cm³/mol. The molecule has 0 spiro atoms. The topological polar surface area (TPSA) is 82.9 Å². The van der Waals surface area contributed by atoms with E-state index in [4.69, 9.17) is 0 Å². The van der Waals surface area contributed by atoms with Crippen LogP contribution in [-0.2, 0) is 19.3 Å². The third kappa shape index (κ3) is 4.52. The molecule has 4 rings (SSSR count). The molecule has 2 aromatic heterocycles. The molecule has 9 heteroatoms. The smallest absolute Gasteiger partial charge is 0.396 e. The van der Waals surface area contributed by atoms with Gasteiger partial charge in [-0.25, -0.2) is 0 Å². The zero-order valence-corrected chi connectivity index (χ0v) is 17.0. The van der Waals surface area contributed by atoms with Crippen LogP contribution in [-0.4, -0.2) is 32.4 Å². The second-order valence-electron chi connectivity index (χ2n) is 7.41. The number of hydrogen-bond donors (Lipinski definition) is 3. The summed E-state index contributed by atoms with van der Waals surface area (Å²) in [4.78, 5) is 12.9. The van der Waals surface area contributed by atoms with Gasteiger partial charge < -0.3 is 15.0 Å². The van der Waals surface area contributed by atoms with Crippen LogP contribution in [0.1, 0.15) is 27.9 Å². The minimum atomic E-state index is -4.44. The largest absolute Gasteiger partial charge is 0.416 e. The lowest BCUT2D eigenvalue weighted by Gasteiger charge is -2.09. The highest BCUT2D eigenvalue weighted by molar-refractivity contribution is 6.07. The van der Waals surface area contributed by atoms with Crippen molar-refractivity contribution in [3.8, 4) is 11.1 Å². The summed E-state index contributed by atoms with van der Waals surface area (Å²) in [5.41, 5.74) is 2.67. The van der Waals surface area contributed by atoms with Crippen LogP contribution in [0.4, 0.5) is 13.2 Å². The van der Waals surface area contributed by atoms with Gasteiger partial charge in [0.25, 0.3) is 5.91 Å². The molecule has 2 heterocycles. The van der Waals surface area contributed by atoms with E-state index in [1.165, 1.54) is 12.1 Å². The van der Waals surface area contributed by atoms with Crippen molar-refractivity contribution in [1.82, 2.24) is 20.1 Å². The van der Waals surface area contributed by atoms with Crippen molar-refractivity contribution >= 4 is 16.8 Å². The first-order chi connectivity index (χ1) is 15.4. The number of rotatable bonds is 7. The van der Waals surface area contributed by atoms with Crippen LogP contribution < -0.4 is 5.32 Å². The Bertz CT molecular complexity index is 1230. The first kappa shape index (κ1) is 21.6. The highest BCUT2D eigenvalue weighted by atomic mass is 19.4. The molecule has 0 radical (unpaired) electrons. The number of aliphatic hydroxyl groups excluding tert-OH is 1. The maximum absolute atomic E-state index is 12.9. The molecule has 0 saturated heterocycles. The molecule has 0 fully saturated rings. The molecule has 0 bridgehead atoms. The van der Waals surface area contributed by atoms with E-state index in [1.807, 2.05) is 22.8 Å². The Morgan fingerprint density at radius 3 is 2.72 bits per heavy atom. The summed E-state index contributed by atoms with van der Waals surface area (Å²) < 4.78 is 40.7. The minimum Gasteiger partial charge on any atom is -0.396 e. The van der Waals surface area contributed by atoms with Crippen LogP contribution in [0.2, 0.25) is 0 Å². The number of alkyl halides is 3. The van der Waals surface area contributed by atoms with Gasteiger partial charge in [0.2, 0.25) is 0 Å². The fourth-order valence-corrected chi connectivity index (χ4v) is 3.62. The lowest BCUT2D eigenvalue weighted by molar-refractivity contribution is -0.137. The van der Waals surface area contributed by atoms with Crippen molar-refractivity contribution in [1.29, 1.82) is 0 Å². The molecule has 0 aliphatic rings. The van der Waals surface area contributed by atoms with E-state index < -0.39 is 11.7 Å². The number of aromatic nitrogens is 3. The Morgan fingerprint density at radius 2 is 2.00 bits per heavy atom. The number of carbonyl (C=O) groups is 1. The molecule has 6 nitrogen and oxygen atoms in total. The summed E-state index contributed by atoms with van der Waals surface area (Å²) in [5.74, 6) is -0.383. The molecular weight excluding hydrogens is 421 g/mol. The fourth-order valence-electron chi connectivity index (χ4n) is 3.62. The number of nitrogens with zero attached hydrogens (tertiary/aromatic N) is 2. The Kier molecular flexibility index (Phi) is 6.00. The summed E-state index contributed by atoms with van der Waals surface area (Å²) in [5, 5.41) is 19.4. The first-order valence-corrected chi connectivity index (χ1v) is 10.0. The van der Waals surface area contributed by atoms with Crippen LogP contribution in [0.25, 0.3) is 22.0 Å². The fraction of sp³-hybridized carbons (Fsp3) is 0.217. The molecule has 1 amide bonds. The molecule has 2 aromatic carbocycles. The molecule has 32 heavy (non-hydrogen) atoms. The van der Waals surface area contributed by atoms with Gasteiger partial charge in [0.1, 0.15) is 0 Å². The molecule has 0 saturated carbocycles. The molecule has 0 aliphatic heterocycles. The standard InChI is InChI=1S/C23H21F3N4O2/c24-23(25,26)18-4-1-3-15(9-18)11-27-22(32)20-14-30(7-2-8-31)21-10-16(5-6-19(20)21)17-12-28-29-13-17/h1,3-6,9-10,12-14,31H,2,7-8,11H2,(H,27,32)(H,28,29). The number of aliphatic hydroxyl groups is 1. The van der Waals surface area contributed by atoms with Gasteiger partial charge in [0, 0.05) is 48.6 Å². The number of nitrogens with one attached hydrogen (secondary N) is 2. The summed E-state index contributed by atoms with van der Waals surface area (Å²) in [6.07, 6.45) is 1.26. The molecule has 0 atom stereocenters. The maximum atomic E-state index is 12.9. The van der Waals surface area contributed by atoms with Gasteiger partial charge in [-0.05, 0) is 35.7 Å². The van der Waals surface area contributed by atoms with E-state index in [-0.39, 0.29) is 19.1 Å². The number of H-pyrrole nitrogens is 1. The minimum absolute atomic E-state index is 0.0121. The second kappa shape index (κ2) is 8.88. The highest BCUT2D eigenvalue weighted by Crippen LogP contribution is 2.30. The number of aromatic amines is 1. The number of fused-ring (bicyclic) bond motifs is 1. The molecule has 0 aliphatic carbocycles. The average molecular weight is 442 g/mol. The van der Waals surface area contributed by atoms with Crippen molar-refractivity contribution in [2.24, 2.45) is 0 Å². The van der Waals surface area contributed by atoms with Crippen LogP contribution in [0.15, 0.2) is 61.1 Å². The van der Waals surface area contributed by atoms with Gasteiger partial charge in [-0.3, -0.25) is 9.89 Å². The highest BCUT2D eigenvalue weighted by Gasteiger charge is 2.30. The van der Waals surface area contributed by atoms with Crippen molar-refractivity contribution in [2.45, 2.75) is 25.7 Å². The van der Waals surface area contributed by atoms with Gasteiger partial charge in [-0.2, -0.15) is 18.3 Å². The van der Waals surface area contributed by atoms with Crippen LogP contribution >= 0.6 is 0 Å². The maximum Gasteiger partial charge on any atom is 0.416 e. The molecular formula is C23H21F3N4O2. The van der Waals surface area contributed by atoms with Crippen molar-refractivity contribution in [3.63, 3.8) is 0 Å². The van der Waals surface area contributed by atoms with Crippen LogP contribution in [0, 0.1) is 0 Å². The molecule has 0 unspecified atom stereocenters. The number of hydrogen-bond acceptors (Lipinski definition) is 3. The number of amides is 1. The Labute approximate surface area is 181 Å². The van der Waals surface area contributed by atoms with E-state index in [9.17, 15) is 23.1 Å². The van der Waals surface area contributed by atoms with Gasteiger partial charge in [-0.15, -0.1) is 0 Å². The third-order valence-electron chi connectivity index (χ3n) is 5.22. The van der Waals surface area contributed by atoms with Crippen LogP contribution in [0.5, 0.6) is 0 Å². The lowest BCUT2D eigenvalue weighted by atomic mass is 10.1. The summed E-state index contributed by atoms with van der Waals surface area (Å²) >= 11 is 0. The molecule has 3 N–H and O–H groups in total. The summed E-state index contributed by atoms with van der Waals surface area (Å²) in [6.45, 7) is 0.500. The average Bonchev–Trinajstić information content (AvgIpc) is 3.44. The Morgan fingerprint density at radius 1 is 1.16 bits per heavy atom. The Hall–Kier alpha value is -3.59. The van der Waals surface area contributed by atoms with Gasteiger partial charge in [0.05, 0.1) is 17.3 Å². The van der Waals surface area contributed by atoms with E-state index >= 15 is 0 Å². The van der Waals surface area contributed by atoms with Gasteiger partial charge in [0.15, 0.2) is 0 Å². The lowest BCUT2D eigenvalue weighted by Crippen LogP contribution is -2.22. The monoisotopic (exact) mass is 442 g/mol. The van der Waals surface area contributed by atoms with Crippen molar-refractivity contribution in [2.75, 3.05) is 6.61 Å². The molecule has 4 aromatic rings. The Balaban J connectivity index is 1.61. The van der Waals surface area contributed by atoms with Gasteiger partial charge >= 0.3 is 6.18 Å². The normalized spacial score (nSPS) is 11.8. The van der Waals surface area contributed by atoms with E-state index in [0.717, 1.165) is 34.2 Å². The second-order valence-corrected chi connectivity index (χ2v) is 7.41. The third-order valence-corrected chi connectivity index (χ3v) is 5.22. The van der Waals surface area contributed by atoms with E-state index in [1.54, 1.807) is 18.6 Å². The van der Waals surface area contributed by atoms with Crippen molar-refractivity contribution < 1.29 is 23.1 Å². The van der Waals surface area contributed by atoms with E-state index in [2.05, 4.69) is 15.5 Å². The van der Waals surface area contributed by atoms with Crippen LogP contribution in [0.3, 0.4) is 0 Å². The molecule has 166 valence electrons. The SMILES string of the molecule is O=C(NCc1cccc(C(F)(F)F)c1)c1cn(CCCO)c2cc(-c3cn[nH]c3)ccc12.